The lowest BCUT2D eigenvalue weighted by atomic mass is 10.2. The van der Waals surface area contributed by atoms with Crippen LogP contribution in [0.5, 0.6) is 11.5 Å². The summed E-state index contributed by atoms with van der Waals surface area (Å²) >= 11 is 12.1. The largest absolute Gasteiger partial charge is 0.493 e. The monoisotopic (exact) mass is 491 g/mol. The van der Waals surface area contributed by atoms with Crippen LogP contribution in [0, 0.1) is 17.1 Å². The second kappa shape index (κ2) is 10.0. The highest BCUT2D eigenvalue weighted by molar-refractivity contribution is 7.95. The van der Waals surface area contributed by atoms with Gasteiger partial charge in [-0.2, -0.15) is 5.26 Å². The van der Waals surface area contributed by atoms with Crippen molar-refractivity contribution in [3.8, 4) is 17.6 Å². The van der Waals surface area contributed by atoms with Gasteiger partial charge in [-0.1, -0.05) is 35.3 Å². The van der Waals surface area contributed by atoms with Gasteiger partial charge in [0, 0.05) is 15.6 Å². The fraction of sp³-hybridized carbons (Fsp3) is 0.0870. The number of allylic oxidation sites excluding steroid dienone is 1. The maximum atomic E-state index is 13.1. The first-order chi connectivity index (χ1) is 15.2. The Kier molecular flexibility index (Phi) is 7.41. The first kappa shape index (κ1) is 23.6. The van der Waals surface area contributed by atoms with E-state index in [0.29, 0.717) is 27.1 Å². The second-order valence-corrected chi connectivity index (χ2v) is 9.27. The number of nitrogens with zero attached hydrogens (tertiary/aromatic N) is 1. The van der Waals surface area contributed by atoms with Crippen LogP contribution in [0.3, 0.4) is 0 Å². The number of halogens is 3. The third kappa shape index (κ3) is 5.40. The molecule has 3 rings (SSSR count). The lowest BCUT2D eigenvalue weighted by Crippen LogP contribution is -2.03. The van der Waals surface area contributed by atoms with E-state index in [1.54, 1.807) is 36.4 Å². The van der Waals surface area contributed by atoms with Gasteiger partial charge in [-0.05, 0) is 60.2 Å². The Hall–Kier alpha value is -3.05. The van der Waals surface area contributed by atoms with Crippen molar-refractivity contribution >= 4 is 39.1 Å². The molecule has 32 heavy (non-hydrogen) atoms. The topological polar surface area (TPSA) is 76.4 Å². The van der Waals surface area contributed by atoms with Crippen LogP contribution in [0.15, 0.2) is 70.5 Å². The number of sulfone groups is 1. The van der Waals surface area contributed by atoms with Crippen molar-refractivity contribution in [1.29, 1.82) is 5.26 Å². The van der Waals surface area contributed by atoms with E-state index >= 15 is 0 Å². The highest BCUT2D eigenvalue weighted by atomic mass is 35.5. The summed E-state index contributed by atoms with van der Waals surface area (Å²) in [5.41, 5.74) is 1.13. The number of nitriles is 1. The van der Waals surface area contributed by atoms with Gasteiger partial charge in [0.25, 0.3) is 0 Å². The van der Waals surface area contributed by atoms with Crippen LogP contribution in [-0.2, 0) is 16.4 Å². The molecule has 5 nitrogen and oxygen atoms in total. The minimum atomic E-state index is -4.11. The third-order valence-electron chi connectivity index (χ3n) is 4.41. The van der Waals surface area contributed by atoms with Gasteiger partial charge < -0.3 is 9.47 Å². The van der Waals surface area contributed by atoms with E-state index in [2.05, 4.69) is 0 Å². The molecule has 0 spiro atoms. The molecule has 0 radical (unpaired) electrons. The van der Waals surface area contributed by atoms with Gasteiger partial charge in [0.2, 0.25) is 9.84 Å². The molecule has 0 aliphatic heterocycles. The summed E-state index contributed by atoms with van der Waals surface area (Å²) in [6.07, 6.45) is 1.21. The van der Waals surface area contributed by atoms with Gasteiger partial charge >= 0.3 is 0 Å². The first-order valence-corrected chi connectivity index (χ1v) is 11.4. The van der Waals surface area contributed by atoms with Crippen LogP contribution in [-0.4, -0.2) is 15.5 Å². The Morgan fingerprint density at radius 3 is 2.41 bits per heavy atom. The number of ether oxygens (including phenoxy) is 2. The fourth-order valence-corrected chi connectivity index (χ4v) is 4.37. The molecule has 164 valence electrons. The van der Waals surface area contributed by atoms with Gasteiger partial charge in [0.05, 0.1) is 12.0 Å². The van der Waals surface area contributed by atoms with Crippen LogP contribution in [0.4, 0.5) is 4.39 Å². The second-order valence-electron chi connectivity index (χ2n) is 6.51. The predicted octanol–water partition coefficient (Wildman–Crippen LogP) is 6.06. The molecule has 0 heterocycles. The normalized spacial score (nSPS) is 11.7. The Morgan fingerprint density at radius 2 is 1.78 bits per heavy atom. The lowest BCUT2D eigenvalue weighted by Gasteiger charge is -2.12. The van der Waals surface area contributed by atoms with Crippen LogP contribution in [0.2, 0.25) is 10.0 Å². The quantitative estimate of drug-likeness (QED) is 0.296. The fourth-order valence-electron chi connectivity index (χ4n) is 2.75. The zero-order chi connectivity index (χ0) is 23.3. The molecular formula is C23H16Cl2FNO4S. The SMILES string of the molecule is COc1cc(C=C(C#N)S(=O)(=O)c2ccc(F)cc2)ccc1OCc1ccc(Cl)cc1Cl. The molecule has 9 heteroatoms. The molecule has 0 unspecified atom stereocenters. The maximum absolute atomic E-state index is 13.1. The van der Waals surface area contributed by atoms with Gasteiger partial charge in [0.15, 0.2) is 11.5 Å². The summed E-state index contributed by atoms with van der Waals surface area (Å²) in [7, 11) is -2.68. The summed E-state index contributed by atoms with van der Waals surface area (Å²) in [6.45, 7) is 0.157. The molecule has 0 saturated heterocycles. The number of methoxy groups -OCH3 is 1. The van der Waals surface area contributed by atoms with Crippen molar-refractivity contribution in [3.05, 3.63) is 92.6 Å². The van der Waals surface area contributed by atoms with Crippen LogP contribution >= 0.6 is 23.2 Å². The van der Waals surface area contributed by atoms with Crippen LogP contribution in [0.1, 0.15) is 11.1 Å². The molecule has 3 aromatic rings. The van der Waals surface area contributed by atoms with Crippen molar-refractivity contribution in [2.45, 2.75) is 11.5 Å². The summed E-state index contributed by atoms with van der Waals surface area (Å²) in [5.74, 6) is 0.155. The van der Waals surface area contributed by atoms with E-state index in [-0.39, 0.29) is 11.5 Å². The molecule has 0 N–H and O–H groups in total. The highest BCUT2D eigenvalue weighted by Gasteiger charge is 2.21. The molecule has 0 aliphatic rings. The smallest absolute Gasteiger partial charge is 0.216 e. The molecule has 0 amide bonds. The van der Waals surface area contributed by atoms with Gasteiger partial charge in [0.1, 0.15) is 23.4 Å². The van der Waals surface area contributed by atoms with Crippen LogP contribution < -0.4 is 9.47 Å². The van der Waals surface area contributed by atoms with Crippen molar-refractivity contribution in [2.75, 3.05) is 7.11 Å². The average molecular weight is 492 g/mol. The summed E-state index contributed by atoms with van der Waals surface area (Å²) in [4.78, 5) is -0.675. The van der Waals surface area contributed by atoms with E-state index in [4.69, 9.17) is 32.7 Å². The van der Waals surface area contributed by atoms with Crippen molar-refractivity contribution in [2.24, 2.45) is 0 Å². The van der Waals surface area contributed by atoms with Crippen molar-refractivity contribution in [3.63, 3.8) is 0 Å². The molecule has 0 aliphatic carbocycles. The Labute approximate surface area is 195 Å². The van der Waals surface area contributed by atoms with Gasteiger partial charge in [-0.25, -0.2) is 12.8 Å². The number of hydrogen-bond donors (Lipinski definition) is 0. The molecule has 0 atom stereocenters. The van der Waals surface area contributed by atoms with Crippen LogP contribution in [0.25, 0.3) is 6.08 Å². The molecule has 0 bridgehead atoms. The maximum Gasteiger partial charge on any atom is 0.216 e. The van der Waals surface area contributed by atoms with Gasteiger partial charge in [-0.15, -0.1) is 0 Å². The van der Waals surface area contributed by atoms with E-state index in [1.807, 2.05) is 0 Å². The zero-order valence-corrected chi connectivity index (χ0v) is 19.0. The Morgan fingerprint density at radius 1 is 1.06 bits per heavy atom. The third-order valence-corrected chi connectivity index (χ3v) is 6.68. The van der Waals surface area contributed by atoms with Gasteiger partial charge in [-0.3, -0.25) is 0 Å². The van der Waals surface area contributed by atoms with Crippen molar-refractivity contribution in [1.82, 2.24) is 0 Å². The molecule has 0 fully saturated rings. The number of benzene rings is 3. The molecule has 0 aromatic heterocycles. The number of rotatable bonds is 7. The minimum absolute atomic E-state index is 0.157. The highest BCUT2D eigenvalue weighted by Crippen LogP contribution is 2.31. The average Bonchev–Trinajstić information content (AvgIpc) is 2.77. The molecule has 0 saturated carbocycles. The minimum Gasteiger partial charge on any atom is -0.493 e. The standard InChI is InChI=1S/C23H16Cl2FNO4S/c1-30-23-11-15(2-9-22(23)31-14-16-3-4-17(24)12-21(16)25)10-20(13-27)32(28,29)19-7-5-18(26)6-8-19/h2-12H,14H2,1H3. The predicted molar refractivity (Wildman–Crippen MR) is 121 cm³/mol. The van der Waals surface area contributed by atoms with E-state index in [9.17, 15) is 18.1 Å². The summed E-state index contributed by atoms with van der Waals surface area (Å²) < 4.78 is 49.7. The Balaban J connectivity index is 1.87. The zero-order valence-electron chi connectivity index (χ0n) is 16.7. The summed E-state index contributed by atoms with van der Waals surface area (Å²) in [6, 6.07) is 15.7. The molecule has 3 aromatic carbocycles. The summed E-state index contributed by atoms with van der Waals surface area (Å²) in [5, 5.41) is 10.4. The van der Waals surface area contributed by atoms with E-state index in [1.165, 1.54) is 19.3 Å². The van der Waals surface area contributed by atoms with E-state index < -0.39 is 20.6 Å². The molecular weight excluding hydrogens is 476 g/mol. The lowest BCUT2D eigenvalue weighted by molar-refractivity contribution is 0.284. The number of hydrogen-bond acceptors (Lipinski definition) is 5. The van der Waals surface area contributed by atoms with E-state index in [0.717, 1.165) is 29.8 Å². The van der Waals surface area contributed by atoms with Crippen molar-refractivity contribution < 1.29 is 22.3 Å². The first-order valence-electron chi connectivity index (χ1n) is 9.12. The Bertz CT molecular complexity index is 1320.